The van der Waals surface area contributed by atoms with Crippen LogP contribution in [-0.4, -0.2) is 42.2 Å². The van der Waals surface area contributed by atoms with Crippen molar-refractivity contribution in [1.29, 1.82) is 0 Å². The number of nitrogens with one attached hydrogen (secondary N) is 1. The number of hydrogen-bond acceptors (Lipinski definition) is 6. The number of benzene rings is 1. The minimum atomic E-state index is -0.109. The van der Waals surface area contributed by atoms with Crippen molar-refractivity contribution in [1.82, 2.24) is 9.97 Å². The Labute approximate surface area is 155 Å². The lowest BCUT2D eigenvalue weighted by atomic mass is 10.1. The van der Waals surface area contributed by atoms with Crippen LogP contribution >= 0.6 is 11.3 Å². The van der Waals surface area contributed by atoms with Gasteiger partial charge in [0, 0.05) is 18.8 Å². The van der Waals surface area contributed by atoms with Gasteiger partial charge in [0.2, 0.25) is 0 Å². The summed E-state index contributed by atoms with van der Waals surface area (Å²) in [6.07, 6.45) is 1.57. The van der Waals surface area contributed by atoms with E-state index < -0.39 is 0 Å². The second-order valence-electron chi connectivity index (χ2n) is 6.35. The van der Waals surface area contributed by atoms with Gasteiger partial charge in [-0.25, -0.2) is 9.97 Å². The number of anilines is 2. The van der Waals surface area contributed by atoms with E-state index in [1.807, 2.05) is 38.1 Å². The molecule has 0 spiro atoms. The number of nitrogens with zero attached hydrogens (tertiary/aromatic N) is 3. The lowest BCUT2D eigenvalue weighted by molar-refractivity contribution is 0.103. The highest BCUT2D eigenvalue weighted by atomic mass is 32.1. The number of fused-ring (bicyclic) bond motifs is 1. The summed E-state index contributed by atoms with van der Waals surface area (Å²) in [4.78, 5) is 25.4. The number of ether oxygens (including phenoxy) is 1. The first-order chi connectivity index (χ1) is 12.6. The fourth-order valence-corrected chi connectivity index (χ4v) is 4.15. The van der Waals surface area contributed by atoms with Crippen molar-refractivity contribution in [2.45, 2.75) is 13.8 Å². The summed E-state index contributed by atoms with van der Waals surface area (Å²) < 4.78 is 5.44. The van der Waals surface area contributed by atoms with Crippen LogP contribution in [0.25, 0.3) is 10.2 Å². The number of morpholine rings is 1. The number of carbonyl (C=O) groups is 1. The van der Waals surface area contributed by atoms with Gasteiger partial charge in [-0.05, 0) is 31.5 Å². The van der Waals surface area contributed by atoms with E-state index in [-0.39, 0.29) is 5.91 Å². The van der Waals surface area contributed by atoms with Gasteiger partial charge in [0.15, 0.2) is 0 Å². The molecule has 3 heterocycles. The third-order valence-electron chi connectivity index (χ3n) is 4.53. The topological polar surface area (TPSA) is 67.4 Å². The van der Waals surface area contributed by atoms with E-state index in [1.54, 1.807) is 6.33 Å². The Balaban J connectivity index is 1.68. The zero-order chi connectivity index (χ0) is 18.1. The summed E-state index contributed by atoms with van der Waals surface area (Å²) in [6.45, 7) is 6.97. The van der Waals surface area contributed by atoms with E-state index in [2.05, 4.69) is 20.2 Å². The Bertz CT molecular complexity index is 946. The normalized spacial score (nSPS) is 14.6. The Kier molecular flexibility index (Phi) is 4.57. The Morgan fingerprint density at radius 1 is 1.15 bits per heavy atom. The first-order valence-corrected chi connectivity index (χ1v) is 9.40. The van der Waals surface area contributed by atoms with E-state index in [4.69, 9.17) is 4.74 Å². The summed E-state index contributed by atoms with van der Waals surface area (Å²) in [5.41, 5.74) is 2.88. The average molecular weight is 368 g/mol. The first kappa shape index (κ1) is 16.9. The minimum absolute atomic E-state index is 0.109. The smallest absolute Gasteiger partial charge is 0.266 e. The molecular formula is C19H20N4O2S. The largest absolute Gasteiger partial charge is 0.378 e. The average Bonchev–Trinajstić information content (AvgIpc) is 3.01. The molecule has 6 nitrogen and oxygen atoms in total. The van der Waals surface area contributed by atoms with Crippen molar-refractivity contribution in [3.8, 4) is 0 Å². The zero-order valence-corrected chi connectivity index (χ0v) is 15.6. The maximum Gasteiger partial charge on any atom is 0.266 e. The molecule has 1 aliphatic rings. The number of hydrogen-bond donors (Lipinski definition) is 1. The Morgan fingerprint density at radius 2 is 1.88 bits per heavy atom. The molecule has 3 aromatic rings. The summed E-state index contributed by atoms with van der Waals surface area (Å²) in [5.74, 6) is 0.781. The van der Waals surface area contributed by atoms with E-state index in [0.29, 0.717) is 18.1 Å². The van der Waals surface area contributed by atoms with Crippen LogP contribution in [0.15, 0.2) is 30.6 Å². The van der Waals surface area contributed by atoms with Crippen molar-refractivity contribution in [3.63, 3.8) is 0 Å². The molecule has 0 unspecified atom stereocenters. The van der Waals surface area contributed by atoms with Gasteiger partial charge in [-0.2, -0.15) is 0 Å². The summed E-state index contributed by atoms with van der Waals surface area (Å²) in [5, 5.41) is 3.94. The maximum atomic E-state index is 12.8. The Morgan fingerprint density at radius 3 is 2.62 bits per heavy atom. The molecule has 1 aromatic carbocycles. The van der Waals surface area contributed by atoms with Gasteiger partial charge >= 0.3 is 0 Å². The summed E-state index contributed by atoms with van der Waals surface area (Å²) >= 11 is 1.41. The molecule has 2 aromatic heterocycles. The van der Waals surface area contributed by atoms with Crippen LogP contribution in [-0.2, 0) is 4.74 Å². The molecule has 0 bridgehead atoms. The standard InChI is InChI=1S/C19H20N4O2S/c1-12-3-5-14(6-4-12)22-18(24)16-13(2)15-17(20-11-21-19(15)26-16)23-7-9-25-10-8-23/h3-6,11H,7-10H2,1-2H3,(H,22,24). The maximum absolute atomic E-state index is 12.8. The molecule has 0 aliphatic carbocycles. The second kappa shape index (κ2) is 7.01. The predicted octanol–water partition coefficient (Wildman–Crippen LogP) is 3.40. The van der Waals surface area contributed by atoms with Crippen molar-refractivity contribution in [3.05, 3.63) is 46.6 Å². The van der Waals surface area contributed by atoms with Gasteiger partial charge in [-0.3, -0.25) is 4.79 Å². The van der Waals surface area contributed by atoms with Crippen LogP contribution < -0.4 is 10.2 Å². The van der Waals surface area contributed by atoms with Gasteiger partial charge in [0.1, 0.15) is 17.0 Å². The van der Waals surface area contributed by atoms with E-state index in [9.17, 15) is 4.79 Å². The SMILES string of the molecule is Cc1ccc(NC(=O)c2sc3ncnc(N4CCOCC4)c3c2C)cc1. The molecular weight excluding hydrogens is 348 g/mol. The van der Waals surface area contributed by atoms with Crippen molar-refractivity contribution in [2.75, 3.05) is 36.5 Å². The molecule has 0 saturated carbocycles. The zero-order valence-electron chi connectivity index (χ0n) is 14.8. The third-order valence-corrected chi connectivity index (χ3v) is 5.73. The van der Waals surface area contributed by atoms with Crippen LogP contribution in [0.3, 0.4) is 0 Å². The molecule has 1 amide bonds. The van der Waals surface area contributed by atoms with E-state index in [0.717, 1.165) is 45.9 Å². The highest BCUT2D eigenvalue weighted by Gasteiger charge is 2.23. The summed E-state index contributed by atoms with van der Waals surface area (Å²) in [6, 6.07) is 7.79. The van der Waals surface area contributed by atoms with Gasteiger partial charge in [0.25, 0.3) is 5.91 Å². The third kappa shape index (κ3) is 3.15. The van der Waals surface area contributed by atoms with E-state index in [1.165, 1.54) is 11.3 Å². The number of thiophene rings is 1. The van der Waals surface area contributed by atoms with E-state index >= 15 is 0 Å². The van der Waals surface area contributed by atoms with Gasteiger partial charge in [-0.15, -0.1) is 11.3 Å². The number of amides is 1. The number of carbonyl (C=O) groups excluding carboxylic acids is 1. The number of aryl methyl sites for hydroxylation is 2. The second-order valence-corrected chi connectivity index (χ2v) is 7.35. The first-order valence-electron chi connectivity index (χ1n) is 8.58. The predicted molar refractivity (Wildman–Crippen MR) is 104 cm³/mol. The minimum Gasteiger partial charge on any atom is -0.378 e. The molecule has 1 fully saturated rings. The van der Waals surface area contributed by atoms with Gasteiger partial charge < -0.3 is 15.0 Å². The number of rotatable bonds is 3. The highest BCUT2D eigenvalue weighted by Crippen LogP contribution is 2.35. The van der Waals surface area contributed by atoms with Crippen LogP contribution in [0.4, 0.5) is 11.5 Å². The van der Waals surface area contributed by atoms with Crippen LogP contribution in [0.1, 0.15) is 20.8 Å². The molecule has 134 valence electrons. The molecule has 7 heteroatoms. The van der Waals surface area contributed by atoms with Crippen molar-refractivity contribution >= 4 is 39.0 Å². The van der Waals surface area contributed by atoms with Crippen LogP contribution in [0.5, 0.6) is 0 Å². The molecule has 26 heavy (non-hydrogen) atoms. The highest BCUT2D eigenvalue weighted by molar-refractivity contribution is 7.20. The lowest BCUT2D eigenvalue weighted by Gasteiger charge is -2.28. The van der Waals surface area contributed by atoms with Crippen molar-refractivity contribution in [2.24, 2.45) is 0 Å². The molecule has 1 saturated heterocycles. The van der Waals surface area contributed by atoms with Crippen molar-refractivity contribution < 1.29 is 9.53 Å². The quantitative estimate of drug-likeness (QED) is 0.767. The Hall–Kier alpha value is -2.51. The van der Waals surface area contributed by atoms with Gasteiger partial charge in [-0.1, -0.05) is 17.7 Å². The van der Waals surface area contributed by atoms with Gasteiger partial charge in [0.05, 0.1) is 23.5 Å². The fourth-order valence-electron chi connectivity index (χ4n) is 3.11. The monoisotopic (exact) mass is 368 g/mol. The molecule has 0 radical (unpaired) electrons. The molecule has 0 atom stereocenters. The molecule has 1 aliphatic heterocycles. The molecule has 1 N–H and O–H groups in total. The lowest BCUT2D eigenvalue weighted by Crippen LogP contribution is -2.36. The molecule has 4 rings (SSSR count). The summed E-state index contributed by atoms with van der Waals surface area (Å²) in [7, 11) is 0. The number of aromatic nitrogens is 2. The van der Waals surface area contributed by atoms with Crippen LogP contribution in [0.2, 0.25) is 0 Å². The fraction of sp³-hybridized carbons (Fsp3) is 0.316. The van der Waals surface area contributed by atoms with Crippen LogP contribution in [0, 0.1) is 13.8 Å².